The van der Waals surface area contributed by atoms with Crippen LogP contribution in [0.4, 0.5) is 5.69 Å². The van der Waals surface area contributed by atoms with Crippen molar-refractivity contribution < 1.29 is 28.8 Å². The second kappa shape index (κ2) is 8.93. The zero-order valence-corrected chi connectivity index (χ0v) is 15.1. The Kier molecular flexibility index (Phi) is 7.24. The lowest BCUT2D eigenvalue weighted by Crippen LogP contribution is -2.44. The number of hydrogen-bond donors (Lipinski definition) is 1. The van der Waals surface area contributed by atoms with Crippen molar-refractivity contribution in [3.05, 3.63) is 39.9 Å². The molecule has 0 fully saturated rings. The van der Waals surface area contributed by atoms with Crippen LogP contribution in [0.1, 0.15) is 44.0 Å². The topological polar surface area (TPSA) is 125 Å². The lowest BCUT2D eigenvalue weighted by molar-refractivity contribution is -0.384. The highest BCUT2D eigenvalue weighted by Gasteiger charge is 2.27. The Morgan fingerprint density at radius 3 is 2.23 bits per heavy atom. The van der Waals surface area contributed by atoms with E-state index in [1.807, 2.05) is 0 Å². The van der Waals surface area contributed by atoms with E-state index in [1.165, 1.54) is 31.4 Å². The van der Waals surface area contributed by atoms with Crippen LogP contribution in [0.5, 0.6) is 0 Å². The Bertz CT molecular complexity index is 677. The average Bonchev–Trinajstić information content (AvgIpc) is 2.56. The minimum absolute atomic E-state index is 0.000306. The Morgan fingerprint density at radius 1 is 1.19 bits per heavy atom. The van der Waals surface area contributed by atoms with Gasteiger partial charge in [-0.3, -0.25) is 19.7 Å². The zero-order valence-electron chi connectivity index (χ0n) is 15.1. The molecule has 1 rings (SSSR count). The Labute approximate surface area is 150 Å². The van der Waals surface area contributed by atoms with Crippen LogP contribution in [-0.4, -0.2) is 41.5 Å². The second-order valence-electron chi connectivity index (χ2n) is 6.48. The predicted octanol–water partition coefficient (Wildman–Crippen LogP) is 1.99. The number of ether oxygens (including phenoxy) is 2. The van der Waals surface area contributed by atoms with Crippen LogP contribution >= 0.6 is 0 Å². The molecule has 1 atom stereocenters. The lowest BCUT2D eigenvalue weighted by atomic mass is 10.1. The van der Waals surface area contributed by atoms with Crippen LogP contribution in [0.15, 0.2) is 24.3 Å². The van der Waals surface area contributed by atoms with Gasteiger partial charge in [-0.15, -0.1) is 0 Å². The first-order chi connectivity index (χ1) is 12.0. The zero-order chi connectivity index (χ0) is 19.9. The van der Waals surface area contributed by atoms with Gasteiger partial charge in [-0.05, 0) is 39.3 Å². The highest BCUT2D eigenvalue weighted by molar-refractivity contribution is 5.97. The summed E-state index contributed by atoms with van der Waals surface area (Å²) < 4.78 is 9.80. The molecule has 1 aromatic carbocycles. The smallest absolute Gasteiger partial charge is 0.329 e. The molecule has 1 amide bonds. The summed E-state index contributed by atoms with van der Waals surface area (Å²) in [5.41, 5.74) is -0.781. The summed E-state index contributed by atoms with van der Waals surface area (Å²) in [6.07, 6.45) is -0.0821. The van der Waals surface area contributed by atoms with E-state index in [0.717, 1.165) is 0 Å². The van der Waals surface area contributed by atoms with E-state index in [1.54, 1.807) is 20.8 Å². The summed E-state index contributed by atoms with van der Waals surface area (Å²) >= 11 is 0. The van der Waals surface area contributed by atoms with Crippen LogP contribution in [0.25, 0.3) is 0 Å². The van der Waals surface area contributed by atoms with Crippen molar-refractivity contribution in [3.63, 3.8) is 0 Å². The Balaban J connectivity index is 2.88. The van der Waals surface area contributed by atoms with Gasteiger partial charge in [0, 0.05) is 24.1 Å². The van der Waals surface area contributed by atoms with E-state index in [9.17, 15) is 24.5 Å². The third-order valence-electron chi connectivity index (χ3n) is 3.20. The number of nitro groups is 1. The van der Waals surface area contributed by atoms with Crippen LogP contribution in [-0.2, 0) is 19.1 Å². The van der Waals surface area contributed by atoms with Crippen LogP contribution in [0.3, 0.4) is 0 Å². The van der Waals surface area contributed by atoms with Crippen molar-refractivity contribution in [2.75, 3.05) is 7.11 Å². The minimum atomic E-state index is -1.06. The van der Waals surface area contributed by atoms with Gasteiger partial charge in [0.15, 0.2) is 0 Å². The van der Waals surface area contributed by atoms with Crippen LogP contribution < -0.4 is 5.32 Å². The quantitative estimate of drug-likeness (QED) is 0.444. The highest BCUT2D eigenvalue weighted by atomic mass is 16.6. The number of methoxy groups -OCH3 is 1. The number of nitrogens with one attached hydrogen (secondary N) is 1. The van der Waals surface area contributed by atoms with Crippen molar-refractivity contribution in [3.8, 4) is 0 Å². The van der Waals surface area contributed by atoms with E-state index in [0.29, 0.717) is 0 Å². The monoisotopic (exact) mass is 366 g/mol. The Hall–Kier alpha value is -2.97. The maximum Gasteiger partial charge on any atom is 0.329 e. The number of amides is 1. The molecule has 142 valence electrons. The number of nitro benzene ring substituents is 1. The number of carbonyl (C=O) groups is 3. The lowest BCUT2D eigenvalue weighted by Gasteiger charge is -2.24. The van der Waals surface area contributed by atoms with E-state index in [-0.39, 0.29) is 24.1 Å². The Morgan fingerprint density at radius 2 is 1.77 bits per heavy atom. The van der Waals surface area contributed by atoms with Crippen LogP contribution in [0.2, 0.25) is 0 Å². The molecule has 0 radical (unpaired) electrons. The molecule has 0 saturated carbocycles. The van der Waals surface area contributed by atoms with E-state index in [4.69, 9.17) is 4.74 Å². The van der Waals surface area contributed by atoms with E-state index >= 15 is 0 Å². The molecule has 0 aliphatic carbocycles. The molecule has 26 heavy (non-hydrogen) atoms. The van der Waals surface area contributed by atoms with Gasteiger partial charge in [-0.2, -0.15) is 0 Å². The van der Waals surface area contributed by atoms with Gasteiger partial charge in [0.2, 0.25) is 0 Å². The first kappa shape index (κ1) is 21.1. The summed E-state index contributed by atoms with van der Waals surface area (Å²) in [5.74, 6) is -1.82. The molecular weight excluding hydrogens is 344 g/mol. The van der Waals surface area contributed by atoms with Gasteiger partial charge in [0.05, 0.1) is 12.0 Å². The van der Waals surface area contributed by atoms with Crippen molar-refractivity contribution in [1.82, 2.24) is 5.32 Å². The van der Waals surface area contributed by atoms with Crippen molar-refractivity contribution in [2.24, 2.45) is 0 Å². The SMILES string of the molecule is COC(=O)CC[C@H](NC(=O)c1ccc([N+](=O)[O-])cc1)C(=O)OC(C)(C)C. The molecule has 0 unspecified atom stereocenters. The molecular formula is C17H22N2O7. The molecule has 9 heteroatoms. The molecule has 1 N–H and O–H groups in total. The first-order valence-electron chi connectivity index (χ1n) is 7.88. The molecule has 0 bridgehead atoms. The number of rotatable bonds is 7. The number of nitrogens with zero attached hydrogens (tertiary/aromatic N) is 1. The summed E-state index contributed by atoms with van der Waals surface area (Å²) in [5, 5.41) is 13.2. The second-order valence-corrected chi connectivity index (χ2v) is 6.48. The van der Waals surface area contributed by atoms with Crippen molar-refractivity contribution >= 4 is 23.5 Å². The number of esters is 2. The van der Waals surface area contributed by atoms with Crippen molar-refractivity contribution in [1.29, 1.82) is 0 Å². The van der Waals surface area contributed by atoms with Gasteiger partial charge >= 0.3 is 11.9 Å². The van der Waals surface area contributed by atoms with Crippen LogP contribution in [0, 0.1) is 10.1 Å². The standard InChI is InChI=1S/C17H22N2O7/c1-17(2,3)26-16(22)13(9-10-14(20)25-4)18-15(21)11-5-7-12(8-6-11)19(23)24/h5-8,13H,9-10H2,1-4H3,(H,18,21)/t13-/m0/s1. The van der Waals surface area contributed by atoms with Gasteiger partial charge in [-0.25, -0.2) is 4.79 Å². The number of carbonyl (C=O) groups excluding carboxylic acids is 3. The number of non-ortho nitro benzene ring substituents is 1. The normalized spacial score (nSPS) is 12.0. The van der Waals surface area contributed by atoms with E-state index in [2.05, 4.69) is 10.1 Å². The summed E-state index contributed by atoms with van der Waals surface area (Å²) in [6, 6.07) is 3.87. The molecule has 0 aliphatic rings. The molecule has 9 nitrogen and oxygen atoms in total. The van der Waals surface area contributed by atoms with Gasteiger partial charge in [0.1, 0.15) is 11.6 Å². The molecule has 0 aromatic heterocycles. The third kappa shape index (κ3) is 6.88. The summed E-state index contributed by atoms with van der Waals surface area (Å²) in [4.78, 5) is 46.0. The third-order valence-corrected chi connectivity index (χ3v) is 3.20. The predicted molar refractivity (Wildman–Crippen MR) is 91.4 cm³/mol. The summed E-state index contributed by atoms with van der Waals surface area (Å²) in [6.45, 7) is 5.04. The average molecular weight is 366 g/mol. The molecule has 0 heterocycles. The largest absolute Gasteiger partial charge is 0.469 e. The van der Waals surface area contributed by atoms with Gasteiger partial charge in [0.25, 0.3) is 11.6 Å². The number of hydrogen-bond acceptors (Lipinski definition) is 7. The molecule has 0 spiro atoms. The molecule has 0 saturated heterocycles. The minimum Gasteiger partial charge on any atom is -0.469 e. The fourth-order valence-corrected chi connectivity index (χ4v) is 1.96. The van der Waals surface area contributed by atoms with Gasteiger partial charge < -0.3 is 14.8 Å². The maximum atomic E-state index is 12.3. The highest BCUT2D eigenvalue weighted by Crippen LogP contribution is 2.14. The summed E-state index contributed by atoms with van der Waals surface area (Å²) in [7, 11) is 1.22. The number of benzene rings is 1. The van der Waals surface area contributed by atoms with Crippen molar-refractivity contribution in [2.45, 2.75) is 45.3 Å². The molecule has 0 aliphatic heterocycles. The molecule has 1 aromatic rings. The van der Waals surface area contributed by atoms with Gasteiger partial charge in [-0.1, -0.05) is 0 Å². The van der Waals surface area contributed by atoms with E-state index < -0.39 is 34.4 Å². The first-order valence-corrected chi connectivity index (χ1v) is 7.88. The fraction of sp³-hybridized carbons (Fsp3) is 0.471. The fourth-order valence-electron chi connectivity index (χ4n) is 1.96. The maximum absolute atomic E-state index is 12.3.